The summed E-state index contributed by atoms with van der Waals surface area (Å²) in [6.45, 7) is 9.18. The number of nitrogens with zero attached hydrogens (tertiary/aromatic N) is 2. The Labute approximate surface area is 110 Å². The highest BCUT2D eigenvalue weighted by Crippen LogP contribution is 2.29. The molecule has 1 aliphatic carbocycles. The summed E-state index contributed by atoms with van der Waals surface area (Å²) in [5.41, 5.74) is 0. The third kappa shape index (κ3) is 3.92. The molecule has 2 heterocycles. The summed E-state index contributed by atoms with van der Waals surface area (Å²) in [4.78, 5) is 5.20. The van der Waals surface area contributed by atoms with Gasteiger partial charge in [-0.25, -0.2) is 0 Å². The molecule has 0 N–H and O–H groups in total. The Balaban J connectivity index is 1.29. The van der Waals surface area contributed by atoms with Crippen LogP contribution in [0.3, 0.4) is 0 Å². The van der Waals surface area contributed by atoms with Crippen molar-refractivity contribution in [1.29, 1.82) is 0 Å². The maximum atomic E-state index is 5.59. The van der Waals surface area contributed by atoms with Crippen LogP contribution in [0.2, 0.25) is 0 Å². The van der Waals surface area contributed by atoms with Gasteiger partial charge >= 0.3 is 0 Å². The number of hydrogen-bond donors (Lipinski definition) is 0. The molecule has 0 atom stereocenters. The fraction of sp³-hybridized carbons (Fsp3) is 1.00. The van der Waals surface area contributed by atoms with Crippen LogP contribution in [-0.4, -0.2) is 68.6 Å². The van der Waals surface area contributed by atoms with Gasteiger partial charge in [0.1, 0.15) is 0 Å². The molecule has 0 unspecified atom stereocenters. The first-order valence-corrected chi connectivity index (χ1v) is 7.58. The normalized spacial score (nSPS) is 28.7. The van der Waals surface area contributed by atoms with Crippen molar-refractivity contribution in [2.75, 3.05) is 52.5 Å². The molecule has 3 fully saturated rings. The van der Waals surface area contributed by atoms with Gasteiger partial charge in [0.15, 0.2) is 6.29 Å². The van der Waals surface area contributed by atoms with Crippen LogP contribution in [0.25, 0.3) is 0 Å². The van der Waals surface area contributed by atoms with E-state index in [1.807, 2.05) is 0 Å². The van der Waals surface area contributed by atoms with E-state index in [0.717, 1.165) is 38.5 Å². The van der Waals surface area contributed by atoms with Crippen LogP contribution >= 0.6 is 0 Å². The molecule has 0 amide bonds. The van der Waals surface area contributed by atoms with Gasteiger partial charge in [-0.1, -0.05) is 0 Å². The van der Waals surface area contributed by atoms with E-state index in [-0.39, 0.29) is 6.29 Å². The van der Waals surface area contributed by atoms with Crippen molar-refractivity contribution in [3.8, 4) is 0 Å². The van der Waals surface area contributed by atoms with Gasteiger partial charge in [-0.15, -0.1) is 0 Å². The van der Waals surface area contributed by atoms with Crippen molar-refractivity contribution in [2.24, 2.45) is 5.92 Å². The van der Waals surface area contributed by atoms with Crippen molar-refractivity contribution >= 4 is 0 Å². The summed E-state index contributed by atoms with van der Waals surface area (Å²) < 4.78 is 11.2. The molecule has 0 aromatic rings. The second kappa shape index (κ2) is 6.33. The first-order valence-electron chi connectivity index (χ1n) is 7.58. The van der Waals surface area contributed by atoms with E-state index < -0.39 is 0 Å². The SMILES string of the molecule is C1COC(CCN2CCN(CC3CC3)CC2)OC1. The first kappa shape index (κ1) is 12.9. The van der Waals surface area contributed by atoms with Crippen molar-refractivity contribution in [3.63, 3.8) is 0 Å². The highest BCUT2D eigenvalue weighted by Gasteiger charge is 2.26. The number of rotatable bonds is 5. The Hall–Kier alpha value is -0.160. The average Bonchev–Trinajstić information content (AvgIpc) is 3.23. The van der Waals surface area contributed by atoms with Crippen LogP contribution < -0.4 is 0 Å². The minimum Gasteiger partial charge on any atom is -0.353 e. The predicted octanol–water partition coefficient (Wildman–Crippen LogP) is 1.17. The third-order valence-electron chi connectivity index (χ3n) is 4.26. The molecule has 18 heavy (non-hydrogen) atoms. The summed E-state index contributed by atoms with van der Waals surface area (Å²) in [6, 6.07) is 0. The van der Waals surface area contributed by atoms with Gasteiger partial charge in [-0.05, 0) is 25.2 Å². The quantitative estimate of drug-likeness (QED) is 0.735. The van der Waals surface area contributed by atoms with Gasteiger partial charge in [0.2, 0.25) is 0 Å². The molecule has 4 nitrogen and oxygen atoms in total. The fourth-order valence-electron chi connectivity index (χ4n) is 2.85. The Morgan fingerprint density at radius 2 is 1.56 bits per heavy atom. The van der Waals surface area contributed by atoms with Crippen LogP contribution in [-0.2, 0) is 9.47 Å². The second-order valence-corrected chi connectivity index (χ2v) is 5.90. The van der Waals surface area contributed by atoms with E-state index >= 15 is 0 Å². The van der Waals surface area contributed by atoms with Crippen LogP contribution in [0.15, 0.2) is 0 Å². The fourth-order valence-corrected chi connectivity index (χ4v) is 2.85. The second-order valence-electron chi connectivity index (χ2n) is 5.90. The highest BCUT2D eigenvalue weighted by molar-refractivity contribution is 4.80. The minimum absolute atomic E-state index is 0.0586. The van der Waals surface area contributed by atoms with Crippen molar-refractivity contribution in [3.05, 3.63) is 0 Å². The molecule has 0 aromatic heterocycles. The van der Waals surface area contributed by atoms with Crippen LogP contribution in [0, 0.1) is 5.92 Å². The highest BCUT2D eigenvalue weighted by atomic mass is 16.7. The summed E-state index contributed by atoms with van der Waals surface area (Å²) in [5.74, 6) is 1.03. The number of hydrogen-bond acceptors (Lipinski definition) is 4. The van der Waals surface area contributed by atoms with E-state index in [9.17, 15) is 0 Å². The number of piperazine rings is 1. The van der Waals surface area contributed by atoms with Crippen LogP contribution in [0.4, 0.5) is 0 Å². The molecular weight excluding hydrogens is 228 g/mol. The van der Waals surface area contributed by atoms with Gasteiger partial charge in [-0.2, -0.15) is 0 Å². The third-order valence-corrected chi connectivity index (χ3v) is 4.26. The summed E-state index contributed by atoms with van der Waals surface area (Å²) in [6.07, 6.45) is 5.08. The molecule has 0 aromatic carbocycles. The van der Waals surface area contributed by atoms with E-state index in [1.54, 1.807) is 0 Å². The average molecular weight is 254 g/mol. The molecule has 1 saturated carbocycles. The van der Waals surface area contributed by atoms with E-state index in [4.69, 9.17) is 9.47 Å². The zero-order chi connectivity index (χ0) is 12.2. The van der Waals surface area contributed by atoms with Gasteiger partial charge in [0, 0.05) is 45.7 Å². The topological polar surface area (TPSA) is 24.9 Å². The molecule has 3 rings (SSSR count). The van der Waals surface area contributed by atoms with Gasteiger partial charge in [0.25, 0.3) is 0 Å². The van der Waals surface area contributed by atoms with Crippen LogP contribution in [0.1, 0.15) is 25.7 Å². The van der Waals surface area contributed by atoms with Gasteiger partial charge in [-0.3, -0.25) is 0 Å². The molecule has 4 heteroatoms. The lowest BCUT2D eigenvalue weighted by atomic mass is 10.2. The molecular formula is C14H26N2O2. The molecule has 104 valence electrons. The summed E-state index contributed by atoms with van der Waals surface area (Å²) in [7, 11) is 0. The molecule has 3 aliphatic rings. The molecule has 0 bridgehead atoms. The van der Waals surface area contributed by atoms with E-state index in [2.05, 4.69) is 9.80 Å². The van der Waals surface area contributed by atoms with Crippen LogP contribution in [0.5, 0.6) is 0 Å². The largest absolute Gasteiger partial charge is 0.353 e. The Morgan fingerprint density at radius 1 is 0.889 bits per heavy atom. The zero-order valence-electron chi connectivity index (χ0n) is 11.4. The molecule has 0 spiro atoms. The summed E-state index contributed by atoms with van der Waals surface area (Å²) in [5, 5.41) is 0. The molecule has 0 radical (unpaired) electrons. The minimum atomic E-state index is 0.0586. The lowest BCUT2D eigenvalue weighted by molar-refractivity contribution is -0.183. The lowest BCUT2D eigenvalue weighted by Gasteiger charge is -2.35. The summed E-state index contributed by atoms with van der Waals surface area (Å²) >= 11 is 0. The van der Waals surface area contributed by atoms with Gasteiger partial charge in [0.05, 0.1) is 13.2 Å². The van der Waals surface area contributed by atoms with Crippen molar-refractivity contribution < 1.29 is 9.47 Å². The van der Waals surface area contributed by atoms with Crippen molar-refractivity contribution in [1.82, 2.24) is 9.80 Å². The monoisotopic (exact) mass is 254 g/mol. The maximum Gasteiger partial charge on any atom is 0.158 e. The zero-order valence-corrected chi connectivity index (χ0v) is 11.4. The molecule has 2 aliphatic heterocycles. The van der Waals surface area contributed by atoms with Gasteiger partial charge < -0.3 is 19.3 Å². The Bertz CT molecular complexity index is 244. The Kier molecular flexibility index (Phi) is 4.52. The maximum absolute atomic E-state index is 5.59. The van der Waals surface area contributed by atoms with E-state index in [0.29, 0.717) is 0 Å². The molecule has 2 saturated heterocycles. The van der Waals surface area contributed by atoms with Crippen molar-refractivity contribution in [2.45, 2.75) is 32.0 Å². The smallest absolute Gasteiger partial charge is 0.158 e. The van der Waals surface area contributed by atoms with E-state index in [1.165, 1.54) is 45.6 Å². The predicted molar refractivity (Wildman–Crippen MR) is 70.5 cm³/mol. The Morgan fingerprint density at radius 3 is 2.22 bits per heavy atom. The lowest BCUT2D eigenvalue weighted by Crippen LogP contribution is -2.47. The standard InChI is InChI=1S/C14H26N2O2/c1-10-17-14(18-11-1)4-5-15-6-8-16(9-7-15)12-13-2-3-13/h13-14H,1-12H2. The first-order chi connectivity index (χ1) is 8.90. The number of ether oxygens (including phenoxy) is 2.